The molecule has 12 heteroatoms. The van der Waals surface area contributed by atoms with Crippen LogP contribution in [0.5, 0.6) is 11.5 Å². The second-order valence-electron chi connectivity index (χ2n) is 18.4. The topological polar surface area (TPSA) is 143 Å². The fourth-order valence-electron chi connectivity index (χ4n) is 10.3. The molecule has 12 nitrogen and oxygen atoms in total. The Labute approximate surface area is 363 Å². The molecule has 62 heavy (non-hydrogen) atoms. The van der Waals surface area contributed by atoms with E-state index in [-0.39, 0.29) is 42.7 Å². The van der Waals surface area contributed by atoms with Crippen molar-refractivity contribution in [2.75, 3.05) is 44.9 Å². The zero-order chi connectivity index (χ0) is 43.1. The molecule has 2 saturated heterocycles. The number of β-amino-alcohol motifs (C(OH)–C–C–N with tert-alkyl or cyclic N) is 1. The van der Waals surface area contributed by atoms with Crippen molar-refractivity contribution in [2.45, 2.75) is 95.4 Å². The standard InChI is InChI=1S/C50H57N5O7/c1-5-32-14-15-35(44(20-32)61-19-9-18-60-4)27-51-48(58)42-23-38(56)28-54(42)49(59)47(31(2)3)45-24-46(52-62-45)53-29-50(30-53)25-36(26-50)41-22-34-17-16-33(39-12-6-7-13-43(39)57)21-40(34)55(41)37-10-8-11-37/h1,6-7,12-17,20-22,24,31,36-38,42,47,56-57H,8-11,18-19,23,25-30H2,2-4H3,(H,51,58)/t38-,42+,47?/m1/s1. The third-order valence-corrected chi connectivity index (χ3v) is 13.7. The quantitative estimate of drug-likeness (QED) is 0.0721. The van der Waals surface area contributed by atoms with Crippen LogP contribution in [0.4, 0.5) is 5.82 Å². The Kier molecular flexibility index (Phi) is 11.5. The molecular formula is C50H57N5O7. The van der Waals surface area contributed by atoms with E-state index in [1.807, 2.05) is 44.2 Å². The Bertz CT molecular complexity index is 2480. The zero-order valence-corrected chi connectivity index (χ0v) is 35.9. The molecular weight excluding hydrogens is 783 g/mol. The van der Waals surface area contributed by atoms with Crippen molar-refractivity contribution in [3.05, 3.63) is 95.4 Å². The number of terminal acetylenes is 1. The number of nitrogens with one attached hydrogen (secondary N) is 1. The number of aromatic nitrogens is 2. The van der Waals surface area contributed by atoms with E-state index >= 15 is 0 Å². The van der Waals surface area contributed by atoms with Gasteiger partial charge in [0, 0.05) is 104 Å². The number of anilines is 1. The van der Waals surface area contributed by atoms with Crippen LogP contribution < -0.4 is 15.0 Å². The van der Waals surface area contributed by atoms with Gasteiger partial charge in [-0.3, -0.25) is 9.59 Å². The minimum absolute atomic E-state index is 0.0547. The summed E-state index contributed by atoms with van der Waals surface area (Å²) in [5, 5.41) is 30.0. The maximum Gasteiger partial charge on any atom is 0.243 e. The number of aliphatic hydroxyl groups is 1. The van der Waals surface area contributed by atoms with E-state index in [1.54, 1.807) is 25.3 Å². The van der Waals surface area contributed by atoms with Gasteiger partial charge in [0.1, 0.15) is 23.5 Å². The summed E-state index contributed by atoms with van der Waals surface area (Å²) < 4.78 is 19.7. The highest BCUT2D eigenvalue weighted by Gasteiger charge is 2.54. The third-order valence-electron chi connectivity index (χ3n) is 13.7. The van der Waals surface area contributed by atoms with Gasteiger partial charge in [0.2, 0.25) is 11.8 Å². The lowest BCUT2D eigenvalue weighted by Gasteiger charge is -2.59. The van der Waals surface area contributed by atoms with Crippen LogP contribution in [0.3, 0.4) is 0 Å². The summed E-state index contributed by atoms with van der Waals surface area (Å²) in [4.78, 5) is 31.8. The molecule has 4 fully saturated rings. The molecule has 5 aromatic rings. The maximum absolute atomic E-state index is 14.4. The number of methoxy groups -OCH3 is 1. The van der Waals surface area contributed by atoms with Crippen LogP contribution in [-0.2, 0) is 20.9 Å². The van der Waals surface area contributed by atoms with Gasteiger partial charge in [-0.05, 0) is 79.3 Å². The molecule has 3 atom stereocenters. The number of hydrogen-bond donors (Lipinski definition) is 3. The summed E-state index contributed by atoms with van der Waals surface area (Å²) >= 11 is 0. The second kappa shape index (κ2) is 17.2. The lowest BCUT2D eigenvalue weighted by Crippen LogP contribution is -2.62. The van der Waals surface area contributed by atoms with E-state index in [4.69, 9.17) is 20.4 Å². The van der Waals surface area contributed by atoms with E-state index in [0.717, 1.165) is 48.4 Å². The Morgan fingerprint density at radius 2 is 1.85 bits per heavy atom. The molecule has 0 bridgehead atoms. The van der Waals surface area contributed by atoms with Crippen LogP contribution in [0, 0.1) is 23.7 Å². The van der Waals surface area contributed by atoms with Gasteiger partial charge in [0.25, 0.3) is 0 Å². The van der Waals surface area contributed by atoms with Crippen molar-refractivity contribution >= 4 is 28.5 Å². The molecule has 2 aliphatic carbocycles. The molecule has 2 aliphatic heterocycles. The molecule has 2 aromatic heterocycles. The lowest BCUT2D eigenvalue weighted by molar-refractivity contribution is -0.141. The molecule has 9 rings (SSSR count). The Morgan fingerprint density at radius 1 is 1.05 bits per heavy atom. The van der Waals surface area contributed by atoms with Crippen molar-refractivity contribution in [1.29, 1.82) is 0 Å². The average Bonchev–Trinajstić information content (AvgIpc) is 3.95. The lowest BCUT2D eigenvalue weighted by atomic mass is 9.57. The van der Waals surface area contributed by atoms with Crippen molar-refractivity contribution in [3.8, 4) is 35.0 Å². The predicted octanol–water partition coefficient (Wildman–Crippen LogP) is 7.53. The van der Waals surface area contributed by atoms with Gasteiger partial charge in [0.05, 0.1) is 12.7 Å². The molecule has 4 heterocycles. The monoisotopic (exact) mass is 839 g/mol. The van der Waals surface area contributed by atoms with E-state index in [9.17, 15) is 19.8 Å². The fourth-order valence-corrected chi connectivity index (χ4v) is 10.3. The zero-order valence-electron chi connectivity index (χ0n) is 35.9. The fraction of sp³-hybridized carbons (Fsp3) is 0.460. The van der Waals surface area contributed by atoms with Crippen molar-refractivity contribution in [1.82, 2.24) is 19.9 Å². The van der Waals surface area contributed by atoms with Gasteiger partial charge < -0.3 is 43.9 Å². The first-order chi connectivity index (χ1) is 30.0. The van der Waals surface area contributed by atoms with Crippen LogP contribution in [0.15, 0.2) is 77.3 Å². The first-order valence-electron chi connectivity index (χ1n) is 22.2. The number of aliphatic hydroxyl groups excluding tert-OH is 1. The predicted molar refractivity (Wildman–Crippen MR) is 237 cm³/mol. The number of ether oxygens (including phenoxy) is 2. The molecule has 1 spiro atoms. The summed E-state index contributed by atoms with van der Waals surface area (Å²) in [6.45, 7) is 6.88. The Hall–Kier alpha value is -5.77. The molecule has 2 amide bonds. The Balaban J connectivity index is 0.842. The molecule has 4 aliphatic rings. The summed E-state index contributed by atoms with van der Waals surface area (Å²) in [5.41, 5.74) is 6.20. The van der Waals surface area contributed by atoms with Crippen LogP contribution in [0.25, 0.3) is 22.0 Å². The number of amides is 2. The number of carbonyl (C=O) groups excluding carboxylic acids is 2. The molecule has 1 unspecified atom stereocenters. The largest absolute Gasteiger partial charge is 0.507 e. The molecule has 3 N–H and O–H groups in total. The summed E-state index contributed by atoms with van der Waals surface area (Å²) in [6.07, 6.45) is 11.5. The highest BCUT2D eigenvalue weighted by molar-refractivity contribution is 5.91. The van der Waals surface area contributed by atoms with Gasteiger partial charge in [-0.1, -0.05) is 61.3 Å². The van der Waals surface area contributed by atoms with Crippen LogP contribution in [0.2, 0.25) is 0 Å². The summed E-state index contributed by atoms with van der Waals surface area (Å²) in [6, 6.07) is 23.5. The number of hydrogen-bond acceptors (Lipinski definition) is 9. The van der Waals surface area contributed by atoms with Crippen LogP contribution >= 0.6 is 0 Å². The van der Waals surface area contributed by atoms with Crippen molar-refractivity contribution in [2.24, 2.45) is 11.3 Å². The summed E-state index contributed by atoms with van der Waals surface area (Å²) in [7, 11) is 1.64. The Morgan fingerprint density at radius 3 is 2.58 bits per heavy atom. The van der Waals surface area contributed by atoms with E-state index in [1.165, 1.54) is 40.8 Å². The number of rotatable bonds is 15. The van der Waals surface area contributed by atoms with Gasteiger partial charge in [-0.2, -0.15) is 0 Å². The smallest absolute Gasteiger partial charge is 0.243 e. The number of fused-ring (bicyclic) bond motifs is 1. The van der Waals surface area contributed by atoms with Gasteiger partial charge in [0.15, 0.2) is 11.6 Å². The normalized spacial score (nSPS) is 20.2. The number of nitrogens with zero attached hydrogens (tertiary/aromatic N) is 4. The number of para-hydroxylation sites is 1. The molecule has 3 aromatic carbocycles. The molecule has 324 valence electrons. The van der Waals surface area contributed by atoms with Gasteiger partial charge in [-0.25, -0.2) is 0 Å². The van der Waals surface area contributed by atoms with Crippen molar-refractivity contribution < 1.29 is 33.8 Å². The average molecular weight is 840 g/mol. The highest BCUT2D eigenvalue weighted by atomic mass is 16.5. The number of phenolic OH excluding ortho intramolecular Hbond substituents is 1. The van der Waals surface area contributed by atoms with E-state index in [2.05, 4.69) is 50.1 Å². The van der Waals surface area contributed by atoms with Crippen LogP contribution in [-0.4, -0.2) is 88.8 Å². The number of likely N-dealkylation sites (tertiary alicyclic amines) is 1. The second-order valence-corrected chi connectivity index (χ2v) is 18.4. The van der Waals surface area contributed by atoms with Crippen LogP contribution in [0.1, 0.15) is 99.3 Å². The number of benzene rings is 3. The maximum atomic E-state index is 14.4. The van der Waals surface area contributed by atoms with Gasteiger partial charge >= 0.3 is 0 Å². The molecule has 0 radical (unpaired) electrons. The SMILES string of the molecule is C#Cc1ccc(CNC(=O)[C@@H]2C[C@@H](O)CN2C(=O)C(c2cc(N3CC4(CC(c5cc6ccc(-c7ccccc7O)cc6n5C5CCC5)C4)C3)no2)C(C)C)c(OCCCOC)c1. The number of aromatic hydroxyl groups is 1. The van der Waals surface area contributed by atoms with E-state index in [0.29, 0.717) is 54.4 Å². The van der Waals surface area contributed by atoms with E-state index < -0.39 is 18.1 Å². The third kappa shape index (κ3) is 7.93. The molecule has 2 saturated carbocycles. The number of phenols is 1. The first kappa shape index (κ1) is 41.6. The number of carbonyl (C=O) groups is 2. The highest BCUT2D eigenvalue weighted by Crippen LogP contribution is 2.58. The minimum atomic E-state index is -0.846. The first-order valence-corrected chi connectivity index (χ1v) is 22.2. The van der Waals surface area contributed by atoms with Crippen molar-refractivity contribution in [3.63, 3.8) is 0 Å². The summed E-state index contributed by atoms with van der Waals surface area (Å²) in [5.74, 6) is 3.72. The van der Waals surface area contributed by atoms with Gasteiger partial charge in [-0.15, -0.1) is 6.42 Å². The minimum Gasteiger partial charge on any atom is -0.507 e.